The molecule has 0 aromatic carbocycles. The van der Waals surface area contributed by atoms with Crippen molar-refractivity contribution in [1.29, 1.82) is 0 Å². The number of anilines is 2. The highest BCUT2D eigenvalue weighted by Crippen LogP contribution is 2.35. The van der Waals surface area contributed by atoms with E-state index in [1.807, 2.05) is 10.9 Å². The lowest BCUT2D eigenvalue weighted by Gasteiger charge is -2.39. The fourth-order valence-electron chi connectivity index (χ4n) is 3.31. The number of fused-ring (bicyclic) bond motifs is 1. The number of nitrogens with zero attached hydrogens (tertiary/aromatic N) is 5. The Morgan fingerprint density at radius 1 is 1.38 bits per heavy atom. The summed E-state index contributed by atoms with van der Waals surface area (Å²) in [6, 6.07) is 0.293. The van der Waals surface area contributed by atoms with Gasteiger partial charge in [0.25, 0.3) is 0 Å². The molecule has 5 rings (SSSR count). The van der Waals surface area contributed by atoms with Crippen molar-refractivity contribution in [1.82, 2.24) is 20.1 Å². The maximum atomic E-state index is 11.7. The molecule has 2 amide bonds. The van der Waals surface area contributed by atoms with Gasteiger partial charge in [-0.3, -0.25) is 9.58 Å². The average Bonchev–Trinajstić information content (AvgIpc) is 3.24. The van der Waals surface area contributed by atoms with Crippen molar-refractivity contribution < 1.29 is 9.53 Å². The Hall–Kier alpha value is -2.13. The van der Waals surface area contributed by atoms with Gasteiger partial charge in [-0.25, -0.2) is 9.78 Å². The van der Waals surface area contributed by atoms with Crippen LogP contribution in [0, 0.1) is 0 Å². The summed E-state index contributed by atoms with van der Waals surface area (Å²) in [5, 5.41) is 8.34. The van der Waals surface area contributed by atoms with Crippen LogP contribution in [0.25, 0.3) is 0 Å². The number of ether oxygens (including phenoxy) is 1. The topological polar surface area (TPSA) is 75.5 Å². The minimum atomic E-state index is -0.0413. The number of amides is 2. The van der Waals surface area contributed by atoms with E-state index in [1.165, 1.54) is 10.6 Å². The lowest BCUT2D eigenvalue weighted by molar-refractivity contribution is 0.112. The second-order valence-electron chi connectivity index (χ2n) is 6.29. The Labute approximate surface area is 143 Å². The molecule has 126 valence electrons. The molecule has 9 heteroatoms. The molecule has 3 aliphatic heterocycles. The third-order valence-corrected chi connectivity index (χ3v) is 5.88. The molecule has 0 unspecified atom stereocenters. The largest absolute Gasteiger partial charge is 0.375 e. The van der Waals surface area contributed by atoms with Crippen molar-refractivity contribution >= 4 is 28.2 Å². The first-order valence-corrected chi connectivity index (χ1v) is 9.00. The normalized spacial score (nSPS) is 20.9. The monoisotopic (exact) mass is 346 g/mol. The number of aromatic nitrogens is 3. The van der Waals surface area contributed by atoms with Crippen LogP contribution in [-0.2, 0) is 17.8 Å². The highest BCUT2D eigenvalue weighted by atomic mass is 32.1. The summed E-state index contributed by atoms with van der Waals surface area (Å²) < 4.78 is 7.46. The van der Waals surface area contributed by atoms with Crippen molar-refractivity contribution in [2.45, 2.75) is 19.1 Å². The summed E-state index contributed by atoms with van der Waals surface area (Å²) in [4.78, 5) is 21.8. The van der Waals surface area contributed by atoms with Gasteiger partial charge in [0.05, 0.1) is 41.7 Å². The van der Waals surface area contributed by atoms with Crippen LogP contribution in [-0.4, -0.2) is 53.6 Å². The summed E-state index contributed by atoms with van der Waals surface area (Å²) in [6.45, 7) is 4.68. The van der Waals surface area contributed by atoms with Crippen molar-refractivity contribution in [3.05, 3.63) is 23.0 Å². The molecule has 3 aliphatic rings. The van der Waals surface area contributed by atoms with Crippen LogP contribution >= 0.6 is 11.3 Å². The van der Waals surface area contributed by atoms with Gasteiger partial charge in [-0.1, -0.05) is 11.3 Å². The van der Waals surface area contributed by atoms with Crippen LogP contribution in [0.5, 0.6) is 0 Å². The number of carbonyl (C=O) groups excluding carboxylic acids is 1. The molecule has 2 fully saturated rings. The maximum Gasteiger partial charge on any atom is 0.322 e. The van der Waals surface area contributed by atoms with Crippen LogP contribution in [0.15, 0.2) is 12.4 Å². The van der Waals surface area contributed by atoms with Gasteiger partial charge in [0.2, 0.25) is 0 Å². The van der Waals surface area contributed by atoms with Crippen molar-refractivity contribution in [3.8, 4) is 0 Å². The predicted molar refractivity (Wildman–Crippen MR) is 89.7 cm³/mol. The first-order valence-electron chi connectivity index (χ1n) is 8.19. The number of carbonyl (C=O) groups is 1. The van der Waals surface area contributed by atoms with Gasteiger partial charge in [-0.15, -0.1) is 0 Å². The fourth-order valence-corrected chi connectivity index (χ4v) is 4.37. The van der Waals surface area contributed by atoms with E-state index in [4.69, 9.17) is 9.72 Å². The van der Waals surface area contributed by atoms with E-state index < -0.39 is 0 Å². The molecule has 24 heavy (non-hydrogen) atoms. The van der Waals surface area contributed by atoms with Crippen LogP contribution in [0.4, 0.5) is 15.6 Å². The van der Waals surface area contributed by atoms with E-state index in [9.17, 15) is 4.79 Å². The Morgan fingerprint density at radius 3 is 3.08 bits per heavy atom. The fraction of sp³-hybridized carbons (Fsp3) is 0.533. The molecular formula is C15H18N6O2S. The van der Waals surface area contributed by atoms with Crippen molar-refractivity contribution in [2.75, 3.05) is 42.6 Å². The van der Waals surface area contributed by atoms with E-state index in [2.05, 4.69) is 15.3 Å². The highest BCUT2D eigenvalue weighted by molar-refractivity contribution is 7.15. The van der Waals surface area contributed by atoms with Gasteiger partial charge in [0.1, 0.15) is 0 Å². The van der Waals surface area contributed by atoms with Gasteiger partial charge < -0.3 is 15.0 Å². The Morgan fingerprint density at radius 2 is 2.29 bits per heavy atom. The molecule has 2 aromatic rings. The average molecular weight is 346 g/mol. The zero-order chi connectivity index (χ0) is 16.1. The van der Waals surface area contributed by atoms with Crippen LogP contribution in [0.2, 0.25) is 0 Å². The molecule has 2 aromatic heterocycles. The first-order chi connectivity index (χ1) is 11.8. The van der Waals surface area contributed by atoms with E-state index >= 15 is 0 Å². The number of nitrogens with one attached hydrogen (secondary N) is 1. The molecule has 5 heterocycles. The molecule has 0 radical (unpaired) electrons. The molecular weight excluding hydrogens is 328 g/mol. The summed E-state index contributed by atoms with van der Waals surface area (Å²) in [7, 11) is 0. The Kier molecular flexibility index (Phi) is 3.23. The van der Waals surface area contributed by atoms with Gasteiger partial charge in [0, 0.05) is 38.8 Å². The lowest BCUT2D eigenvalue weighted by Crippen LogP contribution is -2.48. The second-order valence-corrected chi connectivity index (χ2v) is 7.35. The van der Waals surface area contributed by atoms with E-state index in [-0.39, 0.29) is 6.03 Å². The van der Waals surface area contributed by atoms with Gasteiger partial charge in [0.15, 0.2) is 5.13 Å². The summed E-state index contributed by atoms with van der Waals surface area (Å²) in [6.07, 6.45) is 4.66. The van der Waals surface area contributed by atoms with Crippen LogP contribution in [0.3, 0.4) is 0 Å². The quantitative estimate of drug-likeness (QED) is 0.897. The highest BCUT2D eigenvalue weighted by Gasteiger charge is 2.33. The minimum Gasteiger partial charge on any atom is -0.375 e. The van der Waals surface area contributed by atoms with Crippen molar-refractivity contribution in [2.24, 2.45) is 0 Å². The zero-order valence-electron chi connectivity index (χ0n) is 13.1. The number of hydrogen-bond donors (Lipinski definition) is 1. The van der Waals surface area contributed by atoms with Gasteiger partial charge in [-0.2, -0.15) is 5.10 Å². The number of rotatable bonds is 3. The third-order valence-electron chi connectivity index (χ3n) is 4.75. The summed E-state index contributed by atoms with van der Waals surface area (Å²) in [5.74, 6) is 0. The smallest absolute Gasteiger partial charge is 0.322 e. The molecule has 0 aliphatic carbocycles. The molecule has 0 bridgehead atoms. The summed E-state index contributed by atoms with van der Waals surface area (Å²) in [5.41, 5.74) is 2.07. The van der Waals surface area contributed by atoms with E-state index in [0.717, 1.165) is 36.9 Å². The standard InChI is InChI=1S/C15H18N6O2S/c22-14-16-2-3-20(14)10-5-17-21(8-10)11-6-19(7-11)15-18-12-1-4-23-9-13(12)24-15/h5,8,11H,1-4,6-7,9H2,(H,16,22). The Balaban J connectivity index is 1.26. The van der Waals surface area contributed by atoms with E-state index in [1.54, 1.807) is 22.4 Å². The molecule has 2 saturated heterocycles. The number of thiazole rings is 1. The molecule has 0 saturated carbocycles. The van der Waals surface area contributed by atoms with Gasteiger partial charge >= 0.3 is 6.03 Å². The Bertz CT molecular complexity index is 757. The SMILES string of the molecule is O=C1NCCN1c1cnn(C2CN(c3nc4c(s3)COCC4)C2)c1. The maximum absolute atomic E-state index is 11.7. The minimum absolute atomic E-state index is 0.0413. The molecule has 0 spiro atoms. The lowest BCUT2D eigenvalue weighted by atomic mass is 10.1. The number of hydrogen-bond acceptors (Lipinski definition) is 6. The van der Waals surface area contributed by atoms with Gasteiger partial charge in [-0.05, 0) is 0 Å². The molecule has 1 N–H and O–H groups in total. The first kappa shape index (κ1) is 14.2. The van der Waals surface area contributed by atoms with Crippen LogP contribution < -0.4 is 15.1 Å². The molecule has 0 atom stereocenters. The summed E-state index contributed by atoms with van der Waals surface area (Å²) >= 11 is 1.74. The third kappa shape index (κ3) is 2.27. The second kappa shape index (κ2) is 5.45. The predicted octanol–water partition coefficient (Wildman–Crippen LogP) is 1.00. The van der Waals surface area contributed by atoms with Crippen LogP contribution in [0.1, 0.15) is 16.6 Å². The zero-order valence-corrected chi connectivity index (χ0v) is 14.0. The van der Waals surface area contributed by atoms with E-state index in [0.29, 0.717) is 25.7 Å². The molecule has 8 nitrogen and oxygen atoms in total. The van der Waals surface area contributed by atoms with Crippen molar-refractivity contribution in [3.63, 3.8) is 0 Å². The number of urea groups is 1.